The van der Waals surface area contributed by atoms with Crippen LogP contribution in [-0.4, -0.2) is 42.6 Å². The Hall–Kier alpha value is -1.59. The molecule has 2 saturated heterocycles. The number of methoxy groups -OCH3 is 1. The van der Waals surface area contributed by atoms with Crippen molar-refractivity contribution in [2.75, 3.05) is 20.2 Å². The second kappa shape index (κ2) is 4.96. The topological polar surface area (TPSA) is 41.6 Å². The smallest absolute Gasteiger partial charge is 0.261 e. The van der Waals surface area contributed by atoms with E-state index in [9.17, 15) is 4.79 Å². The first-order valence-corrected chi connectivity index (χ1v) is 9.57. The van der Waals surface area contributed by atoms with Gasteiger partial charge in [0.15, 0.2) is 0 Å². The summed E-state index contributed by atoms with van der Waals surface area (Å²) in [6, 6.07) is 6.47. The summed E-state index contributed by atoms with van der Waals surface area (Å²) in [5.74, 6) is 1.62. The molecule has 2 bridgehead atoms. The lowest BCUT2D eigenvalue weighted by molar-refractivity contribution is 0.0896. The molecule has 1 aliphatic carbocycles. The van der Waals surface area contributed by atoms with E-state index >= 15 is 0 Å². The molecule has 1 aromatic carbocycles. The molecule has 5 heteroatoms. The zero-order valence-electron chi connectivity index (χ0n) is 14.1. The first kappa shape index (κ1) is 14.7. The number of nitrogens with zero attached hydrogens (tertiary/aromatic N) is 1. The fourth-order valence-corrected chi connectivity index (χ4v) is 6.00. The van der Waals surface area contributed by atoms with E-state index < -0.39 is 0 Å². The van der Waals surface area contributed by atoms with Gasteiger partial charge in [0.1, 0.15) is 5.75 Å². The number of nitrogens with one attached hydrogen (secondary N) is 1. The van der Waals surface area contributed by atoms with Crippen molar-refractivity contribution in [2.45, 2.75) is 37.8 Å². The van der Waals surface area contributed by atoms with E-state index in [1.54, 1.807) is 18.4 Å². The van der Waals surface area contributed by atoms with E-state index in [-0.39, 0.29) is 5.91 Å². The third-order valence-corrected chi connectivity index (χ3v) is 7.37. The average molecular weight is 342 g/mol. The number of piperidine rings is 1. The lowest BCUT2D eigenvalue weighted by Gasteiger charge is -2.33. The molecular weight excluding hydrogens is 320 g/mol. The summed E-state index contributed by atoms with van der Waals surface area (Å²) >= 11 is 1.54. The molecule has 2 aliphatic heterocycles. The van der Waals surface area contributed by atoms with Gasteiger partial charge in [0.25, 0.3) is 5.91 Å². The van der Waals surface area contributed by atoms with Gasteiger partial charge in [-0.05, 0) is 55.7 Å². The molecule has 3 unspecified atom stereocenters. The second-order valence-corrected chi connectivity index (χ2v) is 8.55. The Morgan fingerprint density at radius 2 is 2.25 bits per heavy atom. The van der Waals surface area contributed by atoms with Crippen molar-refractivity contribution in [2.24, 2.45) is 5.92 Å². The van der Waals surface area contributed by atoms with Crippen LogP contribution in [0.1, 0.15) is 34.5 Å². The number of rotatable bonds is 3. The summed E-state index contributed by atoms with van der Waals surface area (Å²) in [7, 11) is 1.70. The third kappa shape index (κ3) is 1.91. The third-order valence-electron chi connectivity index (χ3n) is 6.22. The average Bonchev–Trinajstić information content (AvgIpc) is 2.96. The normalized spacial score (nSPS) is 29.3. The van der Waals surface area contributed by atoms with Crippen molar-refractivity contribution in [3.63, 3.8) is 0 Å². The number of aryl methyl sites for hydroxylation is 1. The first-order valence-electron chi connectivity index (χ1n) is 8.75. The van der Waals surface area contributed by atoms with E-state index in [1.165, 1.54) is 32.4 Å². The zero-order valence-corrected chi connectivity index (χ0v) is 14.9. The number of thiophene rings is 1. The number of carbonyl (C=O) groups excluding carboxylic acids is 1. The van der Waals surface area contributed by atoms with Crippen LogP contribution in [0.25, 0.3) is 10.1 Å². The Morgan fingerprint density at radius 3 is 3.00 bits per heavy atom. The van der Waals surface area contributed by atoms with Crippen molar-refractivity contribution in [3.8, 4) is 5.75 Å². The van der Waals surface area contributed by atoms with Crippen molar-refractivity contribution >= 4 is 27.3 Å². The standard InChI is InChI=1S/C19H22N2O2S/c1-11-3-4-12-9-14(24-16(12)15(11)23-2)18(22)20-17-13-5-8-21(10-13)19(17)6-7-19/h3-4,9,13,17H,5-8,10H2,1-2H3,(H,20,22). The van der Waals surface area contributed by atoms with Gasteiger partial charge in [-0.3, -0.25) is 9.69 Å². The van der Waals surface area contributed by atoms with Gasteiger partial charge in [0.2, 0.25) is 0 Å². The highest BCUT2D eigenvalue weighted by Gasteiger charge is 2.63. The Kier molecular flexibility index (Phi) is 3.04. The second-order valence-electron chi connectivity index (χ2n) is 7.49. The summed E-state index contributed by atoms with van der Waals surface area (Å²) in [6.45, 7) is 4.43. The van der Waals surface area contributed by atoms with Crippen LogP contribution in [0, 0.1) is 12.8 Å². The van der Waals surface area contributed by atoms with Gasteiger partial charge in [-0.15, -0.1) is 11.3 Å². The fourth-order valence-electron chi connectivity index (χ4n) is 4.86. The number of carbonyl (C=O) groups is 1. The summed E-state index contributed by atoms with van der Waals surface area (Å²) in [5, 5.41) is 4.47. The molecule has 2 aromatic rings. The van der Waals surface area contributed by atoms with E-state index in [0.29, 0.717) is 17.5 Å². The monoisotopic (exact) mass is 342 g/mol. The van der Waals surface area contributed by atoms with Gasteiger partial charge in [-0.1, -0.05) is 12.1 Å². The Bertz CT molecular complexity index is 839. The van der Waals surface area contributed by atoms with Crippen molar-refractivity contribution in [1.29, 1.82) is 0 Å². The molecule has 3 atom stereocenters. The van der Waals surface area contributed by atoms with Crippen LogP contribution in [0.2, 0.25) is 0 Å². The van der Waals surface area contributed by atoms with Crippen LogP contribution in [0.4, 0.5) is 0 Å². The summed E-state index contributed by atoms with van der Waals surface area (Å²) in [4.78, 5) is 16.3. The van der Waals surface area contributed by atoms with Gasteiger partial charge in [-0.25, -0.2) is 0 Å². The lowest BCUT2D eigenvalue weighted by Crippen LogP contribution is -2.51. The zero-order chi connectivity index (χ0) is 16.5. The highest BCUT2D eigenvalue weighted by atomic mass is 32.1. The molecule has 3 fully saturated rings. The van der Waals surface area contributed by atoms with E-state index in [0.717, 1.165) is 26.3 Å². The maximum atomic E-state index is 12.9. The molecule has 1 N–H and O–H groups in total. The number of amides is 1. The van der Waals surface area contributed by atoms with Gasteiger partial charge in [-0.2, -0.15) is 0 Å². The van der Waals surface area contributed by atoms with Gasteiger partial charge in [0.05, 0.1) is 22.7 Å². The number of benzene rings is 1. The largest absolute Gasteiger partial charge is 0.495 e. The minimum absolute atomic E-state index is 0.0842. The first-order chi connectivity index (χ1) is 11.6. The summed E-state index contributed by atoms with van der Waals surface area (Å²) in [6.07, 6.45) is 3.72. The highest BCUT2D eigenvalue weighted by molar-refractivity contribution is 7.21. The van der Waals surface area contributed by atoms with Crippen LogP contribution in [0.15, 0.2) is 18.2 Å². The van der Waals surface area contributed by atoms with Crippen molar-refractivity contribution < 1.29 is 9.53 Å². The molecule has 126 valence electrons. The molecule has 4 nitrogen and oxygen atoms in total. The van der Waals surface area contributed by atoms with E-state index in [4.69, 9.17) is 4.74 Å². The minimum atomic E-state index is 0.0842. The molecule has 1 amide bonds. The Morgan fingerprint density at radius 1 is 1.42 bits per heavy atom. The molecule has 0 radical (unpaired) electrons. The summed E-state index contributed by atoms with van der Waals surface area (Å²) in [5.41, 5.74) is 1.40. The molecule has 1 aromatic heterocycles. The number of hydrogen-bond donors (Lipinski definition) is 1. The molecule has 3 heterocycles. The molecule has 3 aliphatic rings. The minimum Gasteiger partial charge on any atom is -0.495 e. The summed E-state index contributed by atoms with van der Waals surface area (Å²) < 4.78 is 6.61. The molecular formula is C19H22N2O2S. The van der Waals surface area contributed by atoms with Crippen LogP contribution in [-0.2, 0) is 0 Å². The lowest BCUT2D eigenvalue weighted by atomic mass is 9.92. The highest BCUT2D eigenvalue weighted by Crippen LogP contribution is 2.55. The Labute approximate surface area is 145 Å². The maximum Gasteiger partial charge on any atom is 0.261 e. The van der Waals surface area contributed by atoms with Crippen molar-refractivity contribution in [1.82, 2.24) is 10.2 Å². The Balaban J connectivity index is 1.44. The predicted octanol–water partition coefficient (Wildman–Crippen LogP) is 3.18. The quantitative estimate of drug-likeness (QED) is 0.931. The van der Waals surface area contributed by atoms with Crippen molar-refractivity contribution in [3.05, 3.63) is 28.6 Å². The molecule has 1 saturated carbocycles. The van der Waals surface area contributed by atoms with Gasteiger partial charge < -0.3 is 10.1 Å². The molecule has 24 heavy (non-hydrogen) atoms. The van der Waals surface area contributed by atoms with Crippen LogP contribution < -0.4 is 10.1 Å². The van der Waals surface area contributed by atoms with Gasteiger partial charge in [0, 0.05) is 12.1 Å². The number of fused-ring (bicyclic) bond motifs is 4. The molecule has 5 rings (SSSR count). The van der Waals surface area contributed by atoms with E-state index in [2.05, 4.69) is 22.3 Å². The predicted molar refractivity (Wildman–Crippen MR) is 96.0 cm³/mol. The maximum absolute atomic E-state index is 12.9. The van der Waals surface area contributed by atoms with Crippen LogP contribution in [0.3, 0.4) is 0 Å². The van der Waals surface area contributed by atoms with Gasteiger partial charge >= 0.3 is 0 Å². The fraction of sp³-hybridized carbons (Fsp3) is 0.526. The van der Waals surface area contributed by atoms with Crippen LogP contribution >= 0.6 is 11.3 Å². The SMILES string of the molecule is COc1c(C)ccc2cc(C(=O)NC3C4CCN(C4)C34CC4)sc12. The van der Waals surface area contributed by atoms with Crippen LogP contribution in [0.5, 0.6) is 5.75 Å². The number of ether oxygens (including phenoxy) is 1. The van der Waals surface area contributed by atoms with E-state index in [1.807, 2.05) is 13.0 Å². The number of hydrogen-bond acceptors (Lipinski definition) is 4. The molecule has 1 spiro atoms.